The lowest BCUT2D eigenvalue weighted by atomic mass is 10.0. The third-order valence-electron chi connectivity index (χ3n) is 4.47. The van der Waals surface area contributed by atoms with E-state index in [0.29, 0.717) is 5.02 Å². The molecule has 0 fully saturated rings. The highest BCUT2D eigenvalue weighted by Crippen LogP contribution is 2.32. The van der Waals surface area contributed by atoms with Crippen LogP contribution in [0.1, 0.15) is 35.5 Å². The number of carbonyl (C=O) groups excluding carboxylic acids is 1. The topological polar surface area (TPSA) is 91.1 Å². The van der Waals surface area contributed by atoms with Gasteiger partial charge >= 0.3 is 0 Å². The van der Waals surface area contributed by atoms with Gasteiger partial charge in [0.15, 0.2) is 5.78 Å². The van der Waals surface area contributed by atoms with Gasteiger partial charge in [-0.1, -0.05) is 43.6 Å². The molecule has 0 aliphatic carbocycles. The Bertz CT molecular complexity index is 1250. The molecular formula is C23H20ClN3O3S. The molecule has 0 aliphatic rings. The Labute approximate surface area is 186 Å². The number of nitriles is 1. The van der Waals surface area contributed by atoms with Crippen molar-refractivity contribution in [2.45, 2.75) is 18.7 Å². The fourth-order valence-corrected chi connectivity index (χ4v) is 4.91. The van der Waals surface area contributed by atoms with Crippen LogP contribution in [0.4, 0.5) is 5.69 Å². The van der Waals surface area contributed by atoms with Crippen LogP contribution >= 0.6 is 11.6 Å². The van der Waals surface area contributed by atoms with Crippen molar-refractivity contribution in [3.63, 3.8) is 0 Å². The highest BCUT2D eigenvalue weighted by atomic mass is 35.5. The van der Waals surface area contributed by atoms with Gasteiger partial charge in [-0.15, -0.1) is 0 Å². The lowest BCUT2D eigenvalue weighted by Gasteiger charge is -2.28. The molecule has 158 valence electrons. The second kappa shape index (κ2) is 9.29. The van der Waals surface area contributed by atoms with Gasteiger partial charge in [-0.2, -0.15) is 5.26 Å². The van der Waals surface area contributed by atoms with E-state index < -0.39 is 15.8 Å². The van der Waals surface area contributed by atoms with Crippen molar-refractivity contribution in [2.75, 3.05) is 10.8 Å². The van der Waals surface area contributed by atoms with E-state index in [2.05, 4.69) is 4.98 Å². The molecule has 6 nitrogen and oxygen atoms in total. The molecule has 1 aromatic heterocycles. The maximum atomic E-state index is 13.5. The first-order valence-electron chi connectivity index (χ1n) is 9.52. The minimum atomic E-state index is -3.94. The van der Waals surface area contributed by atoms with Crippen LogP contribution in [0.15, 0.2) is 71.8 Å². The molecule has 3 rings (SSSR count). The molecule has 0 N–H and O–H groups in total. The first-order chi connectivity index (χ1) is 14.7. The zero-order valence-corrected chi connectivity index (χ0v) is 18.6. The van der Waals surface area contributed by atoms with Crippen LogP contribution in [0.5, 0.6) is 0 Å². The van der Waals surface area contributed by atoms with Crippen molar-refractivity contribution in [2.24, 2.45) is 5.92 Å². The largest absolute Gasteiger partial charge is 0.289 e. The molecule has 0 saturated heterocycles. The number of hydrogen-bond acceptors (Lipinski definition) is 5. The normalized spacial score (nSPS) is 11.2. The van der Waals surface area contributed by atoms with E-state index in [9.17, 15) is 13.2 Å². The molecular weight excluding hydrogens is 434 g/mol. The van der Waals surface area contributed by atoms with Crippen molar-refractivity contribution in [3.05, 3.63) is 88.7 Å². The highest BCUT2D eigenvalue weighted by molar-refractivity contribution is 7.92. The summed E-state index contributed by atoms with van der Waals surface area (Å²) in [6.07, 6.45) is 1.36. The second-order valence-corrected chi connectivity index (χ2v) is 9.57. The van der Waals surface area contributed by atoms with E-state index in [0.717, 1.165) is 0 Å². The summed E-state index contributed by atoms with van der Waals surface area (Å²) in [5.74, 6) is -0.461. The zero-order valence-electron chi connectivity index (χ0n) is 17.0. The van der Waals surface area contributed by atoms with Gasteiger partial charge in [-0.05, 0) is 48.4 Å². The van der Waals surface area contributed by atoms with E-state index >= 15 is 0 Å². The summed E-state index contributed by atoms with van der Waals surface area (Å²) in [7, 11) is -3.94. The van der Waals surface area contributed by atoms with Gasteiger partial charge in [-0.3, -0.25) is 9.10 Å². The third kappa shape index (κ3) is 4.93. The molecule has 8 heteroatoms. The number of halogens is 1. The van der Waals surface area contributed by atoms with Crippen molar-refractivity contribution in [1.82, 2.24) is 4.98 Å². The maximum absolute atomic E-state index is 13.5. The van der Waals surface area contributed by atoms with Gasteiger partial charge in [0.1, 0.15) is 11.8 Å². The summed E-state index contributed by atoms with van der Waals surface area (Å²) in [6, 6.07) is 17.3. The van der Waals surface area contributed by atoms with E-state index in [1.807, 2.05) is 19.9 Å². The third-order valence-corrected chi connectivity index (χ3v) is 6.50. The van der Waals surface area contributed by atoms with E-state index in [1.165, 1.54) is 46.9 Å². The maximum Gasteiger partial charge on any atom is 0.264 e. The lowest BCUT2D eigenvalue weighted by molar-refractivity contribution is 0.103. The summed E-state index contributed by atoms with van der Waals surface area (Å²) < 4.78 is 28.2. The molecule has 0 bridgehead atoms. The minimum absolute atomic E-state index is 0.0109. The Hall–Kier alpha value is -3.21. The smallest absolute Gasteiger partial charge is 0.264 e. The summed E-state index contributed by atoms with van der Waals surface area (Å²) in [4.78, 5) is 17.3. The zero-order chi connectivity index (χ0) is 22.6. The minimum Gasteiger partial charge on any atom is -0.289 e. The average molecular weight is 454 g/mol. The Morgan fingerprint density at radius 3 is 2.48 bits per heavy atom. The molecule has 0 aliphatic heterocycles. The van der Waals surface area contributed by atoms with Crippen LogP contribution < -0.4 is 4.31 Å². The quantitative estimate of drug-likeness (QED) is 0.484. The highest BCUT2D eigenvalue weighted by Gasteiger charge is 2.29. The number of ketones is 1. The van der Waals surface area contributed by atoms with Gasteiger partial charge < -0.3 is 0 Å². The van der Waals surface area contributed by atoms with Crippen LogP contribution in [-0.2, 0) is 10.0 Å². The summed E-state index contributed by atoms with van der Waals surface area (Å²) in [5.41, 5.74) is 0.659. The first kappa shape index (κ1) is 22.5. The van der Waals surface area contributed by atoms with Gasteiger partial charge in [0.05, 0.1) is 10.6 Å². The first-order valence-corrected chi connectivity index (χ1v) is 11.3. The molecule has 3 aromatic rings. The molecule has 1 heterocycles. The standard InChI is InChI=1S/C23H20ClN3O3S/c1-16(2)15-27(31(29,30)20-6-4-3-5-7-20)22-9-8-18(24)13-21(22)23(28)17-10-11-26-19(12-17)14-25/h3-13,16H,15H2,1-2H3. The van der Waals surface area contributed by atoms with Gasteiger partial charge in [0.2, 0.25) is 0 Å². The number of pyridine rings is 1. The van der Waals surface area contributed by atoms with Gasteiger partial charge in [0.25, 0.3) is 10.0 Å². The molecule has 31 heavy (non-hydrogen) atoms. The number of hydrogen-bond donors (Lipinski definition) is 0. The summed E-state index contributed by atoms with van der Waals surface area (Å²) in [6.45, 7) is 3.96. The van der Waals surface area contributed by atoms with E-state index in [-0.39, 0.29) is 39.9 Å². The number of aromatic nitrogens is 1. The number of anilines is 1. The molecule has 0 unspecified atom stereocenters. The van der Waals surface area contributed by atoms with Gasteiger partial charge in [-0.25, -0.2) is 13.4 Å². The van der Waals surface area contributed by atoms with Crippen LogP contribution in [0, 0.1) is 17.2 Å². The molecule has 0 atom stereocenters. The Balaban J connectivity index is 2.19. The lowest BCUT2D eigenvalue weighted by Crippen LogP contribution is -2.35. The number of sulfonamides is 1. The van der Waals surface area contributed by atoms with Crippen LogP contribution in [0.2, 0.25) is 5.02 Å². The number of benzene rings is 2. The fourth-order valence-electron chi connectivity index (χ4n) is 3.07. The predicted octanol–water partition coefficient (Wildman–Crippen LogP) is 4.69. The summed E-state index contributed by atoms with van der Waals surface area (Å²) in [5, 5.41) is 9.40. The Morgan fingerprint density at radius 1 is 1.13 bits per heavy atom. The number of rotatable bonds is 7. The number of carbonyl (C=O) groups is 1. The fraction of sp³-hybridized carbons (Fsp3) is 0.174. The van der Waals surface area contributed by atoms with Crippen molar-refractivity contribution in [3.8, 4) is 6.07 Å². The molecule has 0 radical (unpaired) electrons. The van der Waals surface area contributed by atoms with Crippen LogP contribution in [0.3, 0.4) is 0 Å². The second-order valence-electron chi connectivity index (χ2n) is 7.28. The predicted molar refractivity (Wildman–Crippen MR) is 120 cm³/mol. The van der Waals surface area contributed by atoms with E-state index in [4.69, 9.17) is 16.9 Å². The van der Waals surface area contributed by atoms with Crippen molar-refractivity contribution in [1.29, 1.82) is 5.26 Å². The molecule has 2 aromatic carbocycles. The summed E-state index contributed by atoms with van der Waals surface area (Å²) >= 11 is 6.16. The monoisotopic (exact) mass is 453 g/mol. The number of nitrogens with zero attached hydrogens (tertiary/aromatic N) is 3. The van der Waals surface area contributed by atoms with Crippen molar-refractivity contribution < 1.29 is 13.2 Å². The molecule has 0 spiro atoms. The molecule has 0 amide bonds. The van der Waals surface area contributed by atoms with Crippen LogP contribution in [-0.4, -0.2) is 25.7 Å². The van der Waals surface area contributed by atoms with Crippen molar-refractivity contribution >= 4 is 33.1 Å². The SMILES string of the molecule is CC(C)CN(c1ccc(Cl)cc1C(=O)c1ccnc(C#N)c1)S(=O)(=O)c1ccccc1. The Morgan fingerprint density at radius 2 is 1.84 bits per heavy atom. The Kier molecular flexibility index (Phi) is 6.74. The van der Waals surface area contributed by atoms with Gasteiger partial charge in [0, 0.05) is 28.9 Å². The molecule has 0 saturated carbocycles. The average Bonchev–Trinajstić information content (AvgIpc) is 2.77. The van der Waals surface area contributed by atoms with E-state index in [1.54, 1.807) is 24.3 Å². The van der Waals surface area contributed by atoms with Crippen LogP contribution in [0.25, 0.3) is 0 Å².